The number of para-hydroxylation sites is 1. The van der Waals surface area contributed by atoms with E-state index in [0.717, 1.165) is 0 Å². The molecule has 0 atom stereocenters. The van der Waals surface area contributed by atoms with Gasteiger partial charge in [-0.2, -0.15) is 0 Å². The first-order valence-corrected chi connectivity index (χ1v) is 3.57. The van der Waals surface area contributed by atoms with E-state index in [1.54, 1.807) is 18.2 Å². The van der Waals surface area contributed by atoms with Gasteiger partial charge in [0.1, 0.15) is 0 Å². The Morgan fingerprint density at radius 1 is 1.06 bits per heavy atom. The van der Waals surface area contributed by atoms with Crippen molar-refractivity contribution in [1.82, 2.24) is 0 Å². The fourth-order valence-corrected chi connectivity index (χ4v) is 0.550. The number of non-ortho nitro benzene ring substituents is 1. The van der Waals surface area contributed by atoms with Gasteiger partial charge in [-0.15, -0.1) is 0 Å². The predicted molar refractivity (Wildman–Crippen MR) is 53.9 cm³/mol. The van der Waals surface area contributed by atoms with Gasteiger partial charge in [0, 0.05) is 22.9 Å². The summed E-state index contributed by atoms with van der Waals surface area (Å²) in [6, 6.07) is 7.93. The van der Waals surface area contributed by atoms with E-state index >= 15 is 0 Å². The third-order valence-electron chi connectivity index (χ3n) is 0.967. The third kappa shape index (κ3) is 20.8. The second-order valence-electron chi connectivity index (χ2n) is 2.09. The van der Waals surface area contributed by atoms with Gasteiger partial charge in [-0.3, -0.25) is 10.1 Å². The molecule has 5 nitrogen and oxygen atoms in total. The van der Waals surface area contributed by atoms with Crippen molar-refractivity contribution in [3.8, 4) is 0 Å². The molecule has 0 spiro atoms. The Labute approximate surface area is 116 Å². The first-order valence-electron chi connectivity index (χ1n) is 3.57. The van der Waals surface area contributed by atoms with Gasteiger partial charge in [-0.1, -0.05) is 18.2 Å². The van der Waals surface area contributed by atoms with Crippen molar-refractivity contribution >= 4 is 42.5 Å². The van der Waals surface area contributed by atoms with Crippen LogP contribution in [0.25, 0.3) is 0 Å². The van der Waals surface area contributed by atoms with Crippen molar-refractivity contribution in [2.45, 2.75) is 0 Å². The van der Waals surface area contributed by atoms with Crippen LogP contribution in [0.3, 0.4) is 0 Å². The molecule has 0 aliphatic rings. The minimum atomic E-state index is -6.00. The second kappa shape index (κ2) is 11.3. The Kier molecular flexibility index (Phi) is 14.1. The van der Waals surface area contributed by atoms with E-state index in [2.05, 4.69) is 0 Å². The van der Waals surface area contributed by atoms with Crippen molar-refractivity contribution in [2.75, 3.05) is 0 Å². The number of benzene rings is 1. The molecule has 90 valence electrons. The molecule has 0 saturated carbocycles. The van der Waals surface area contributed by atoms with E-state index in [9.17, 15) is 27.4 Å². The van der Waals surface area contributed by atoms with E-state index in [0.29, 0.717) is 0 Å². The maximum atomic E-state index is 10.0. The Balaban J connectivity index is -0.000000213. The monoisotopic (exact) mass is 262 g/mol. The van der Waals surface area contributed by atoms with Gasteiger partial charge in [-0.05, 0) is 0 Å². The summed E-state index contributed by atoms with van der Waals surface area (Å²) in [5.41, 5.74) is 0.137. The summed E-state index contributed by atoms with van der Waals surface area (Å²) < 4.78 is 39.0. The van der Waals surface area contributed by atoms with Crippen LogP contribution >= 0.6 is 0 Å². The summed E-state index contributed by atoms with van der Waals surface area (Å²) >= 11 is 0. The molecule has 0 unspecified atom stereocenters. The van der Waals surface area contributed by atoms with Crippen LogP contribution in [-0.4, -0.2) is 41.7 Å². The predicted octanol–water partition coefficient (Wildman–Crippen LogP) is 2.28. The molecule has 1 aromatic rings. The van der Waals surface area contributed by atoms with E-state index < -0.39 is 12.2 Å². The van der Waals surface area contributed by atoms with Crippen LogP contribution in [0.15, 0.2) is 30.3 Å². The second-order valence-corrected chi connectivity index (χ2v) is 2.09. The van der Waals surface area contributed by atoms with Crippen LogP contribution in [-0.2, 0) is 0 Å². The summed E-state index contributed by atoms with van der Waals surface area (Å²) in [5, 5.41) is 22.0. The van der Waals surface area contributed by atoms with E-state index in [1.165, 1.54) is 12.1 Å². The fraction of sp³-hybridized carbons (Fsp3) is 0. The van der Waals surface area contributed by atoms with Crippen LogP contribution < -0.4 is 0 Å². The molecular formula is C6H6BF4N3NaO2-. The van der Waals surface area contributed by atoms with Crippen molar-refractivity contribution in [2.24, 2.45) is 0 Å². The van der Waals surface area contributed by atoms with Crippen LogP contribution in [0.5, 0.6) is 0 Å². The molecule has 0 aromatic heterocycles. The normalized spacial score (nSPS) is 8.35. The Bertz CT molecular complexity index is 329. The number of hydrogen-bond acceptors (Lipinski definition) is 4. The number of nitro groups is 1. The van der Waals surface area contributed by atoms with Gasteiger partial charge < -0.3 is 17.3 Å². The molecule has 0 fully saturated rings. The molecular weight excluding hydrogens is 256 g/mol. The van der Waals surface area contributed by atoms with Crippen molar-refractivity contribution in [1.29, 1.82) is 10.8 Å². The zero-order valence-electron chi connectivity index (χ0n) is 7.63. The van der Waals surface area contributed by atoms with E-state index in [-0.39, 0.29) is 35.2 Å². The van der Waals surface area contributed by atoms with E-state index in [4.69, 9.17) is 10.8 Å². The Hall–Kier alpha value is -1.18. The summed E-state index contributed by atoms with van der Waals surface area (Å²) in [4.78, 5) is 9.59. The topological polar surface area (TPSA) is 90.7 Å². The van der Waals surface area contributed by atoms with E-state index in [1.807, 2.05) is 0 Å². The maximum absolute atomic E-state index is 10.0. The van der Waals surface area contributed by atoms with Gasteiger partial charge in [0.05, 0.1) is 4.92 Å². The number of halogens is 4. The number of rotatable bonds is 1. The quantitative estimate of drug-likeness (QED) is 0.255. The molecule has 17 heavy (non-hydrogen) atoms. The Morgan fingerprint density at radius 2 is 1.35 bits per heavy atom. The van der Waals surface area contributed by atoms with Gasteiger partial charge in [-0.25, -0.2) is 0 Å². The third-order valence-corrected chi connectivity index (χ3v) is 0.967. The minimum absolute atomic E-state index is 0. The van der Waals surface area contributed by atoms with Crippen LogP contribution in [0.4, 0.5) is 23.0 Å². The SMILES string of the molecule is F[B-](F)(F)F.N#N.O=[N+]([O-])c1ccccc1.[NaH]. The van der Waals surface area contributed by atoms with Crippen molar-refractivity contribution in [3.05, 3.63) is 40.4 Å². The first-order chi connectivity index (χ1) is 7.30. The molecule has 0 N–H and O–H groups in total. The molecule has 0 aliphatic carbocycles. The van der Waals surface area contributed by atoms with Crippen LogP contribution in [0.2, 0.25) is 0 Å². The summed E-state index contributed by atoms with van der Waals surface area (Å²) in [6.07, 6.45) is 0. The number of nitrogens with zero attached hydrogens (tertiary/aromatic N) is 3. The van der Waals surface area contributed by atoms with Crippen LogP contribution in [0.1, 0.15) is 0 Å². The molecule has 0 heterocycles. The first kappa shape index (κ1) is 21.1. The van der Waals surface area contributed by atoms with Crippen LogP contribution in [0, 0.1) is 20.9 Å². The number of hydrogen-bond donors (Lipinski definition) is 0. The molecule has 0 bridgehead atoms. The average molecular weight is 262 g/mol. The molecule has 1 rings (SSSR count). The summed E-state index contributed by atoms with van der Waals surface area (Å²) in [7, 11) is -6.00. The fourth-order valence-electron chi connectivity index (χ4n) is 0.550. The number of nitro benzene ring substituents is 1. The standard InChI is InChI=1S/C6H5NO2.BF4.N2.Na.H/c8-7(9)6-4-2-1-3-5-6;2-1(3,4)5;1-2;;/h1-5H;;;;/q;-1;;;. The molecule has 11 heteroatoms. The van der Waals surface area contributed by atoms with Crippen molar-refractivity contribution < 1.29 is 22.2 Å². The van der Waals surface area contributed by atoms with Crippen molar-refractivity contribution in [3.63, 3.8) is 0 Å². The molecule has 0 radical (unpaired) electrons. The van der Waals surface area contributed by atoms with Gasteiger partial charge in [0.25, 0.3) is 5.69 Å². The zero-order chi connectivity index (χ0) is 13.2. The average Bonchev–Trinajstić information content (AvgIpc) is 2.20. The van der Waals surface area contributed by atoms with Gasteiger partial charge in [0.2, 0.25) is 0 Å². The van der Waals surface area contributed by atoms with Gasteiger partial charge >= 0.3 is 36.8 Å². The summed E-state index contributed by atoms with van der Waals surface area (Å²) in [6.45, 7) is 0. The molecule has 1 aromatic carbocycles. The molecule has 0 aliphatic heterocycles. The molecule has 0 saturated heterocycles. The summed E-state index contributed by atoms with van der Waals surface area (Å²) in [5.74, 6) is 0. The van der Waals surface area contributed by atoms with Gasteiger partial charge in [0.15, 0.2) is 0 Å². The zero-order valence-corrected chi connectivity index (χ0v) is 7.63. The molecule has 0 amide bonds. The Morgan fingerprint density at radius 3 is 1.53 bits per heavy atom.